The minimum atomic E-state index is 0.535. The lowest BCUT2D eigenvalue weighted by Gasteiger charge is -2.58. The molecular formula is C29H50S. The van der Waals surface area contributed by atoms with E-state index in [4.69, 9.17) is 0 Å². The summed E-state index contributed by atoms with van der Waals surface area (Å²) in [7, 11) is 0. The highest BCUT2D eigenvalue weighted by molar-refractivity contribution is 8.00. The lowest BCUT2D eigenvalue weighted by atomic mass is 9.47. The van der Waals surface area contributed by atoms with Crippen molar-refractivity contribution in [2.45, 2.75) is 129 Å². The molecule has 7 atom stereocenters. The summed E-state index contributed by atoms with van der Waals surface area (Å²) < 4.78 is 0. The molecule has 0 radical (unpaired) electrons. The second-order valence-corrected chi connectivity index (χ2v) is 14.7. The molecule has 4 aliphatic rings. The quantitative estimate of drug-likeness (QED) is 0.286. The molecule has 0 nitrogen and oxygen atoms in total. The molecule has 0 aromatic carbocycles. The van der Waals surface area contributed by atoms with Crippen LogP contribution < -0.4 is 0 Å². The molecule has 0 aromatic heterocycles. The average molecular weight is 431 g/mol. The van der Waals surface area contributed by atoms with Crippen LogP contribution in [0, 0.1) is 40.4 Å². The van der Waals surface area contributed by atoms with E-state index < -0.39 is 0 Å². The Bertz CT molecular complexity index is 618. The Morgan fingerprint density at radius 2 is 1.77 bits per heavy atom. The van der Waals surface area contributed by atoms with Crippen LogP contribution in [0.1, 0.15) is 119 Å². The van der Waals surface area contributed by atoms with Gasteiger partial charge in [-0.15, -0.1) is 0 Å². The molecule has 0 aliphatic heterocycles. The molecule has 0 bridgehead atoms. The van der Waals surface area contributed by atoms with Crippen LogP contribution in [0.3, 0.4) is 0 Å². The summed E-state index contributed by atoms with van der Waals surface area (Å²) in [6, 6.07) is 0. The predicted molar refractivity (Wildman–Crippen MR) is 135 cm³/mol. The maximum absolute atomic E-state index is 2.77. The van der Waals surface area contributed by atoms with E-state index in [2.05, 4.69) is 59.4 Å². The van der Waals surface area contributed by atoms with Gasteiger partial charge in [-0.05, 0) is 103 Å². The number of unbranched alkanes of at least 4 members (excludes halogenated alkanes) is 1. The number of hydrogen-bond acceptors (Lipinski definition) is 1. The van der Waals surface area contributed by atoms with Gasteiger partial charge >= 0.3 is 0 Å². The van der Waals surface area contributed by atoms with Gasteiger partial charge in [0, 0.05) is 5.25 Å². The van der Waals surface area contributed by atoms with Crippen LogP contribution in [0.25, 0.3) is 0 Å². The first-order chi connectivity index (χ1) is 14.2. The fourth-order valence-corrected chi connectivity index (χ4v) is 9.95. The van der Waals surface area contributed by atoms with Crippen LogP contribution >= 0.6 is 11.8 Å². The van der Waals surface area contributed by atoms with E-state index in [-0.39, 0.29) is 0 Å². The third kappa shape index (κ3) is 4.32. The second kappa shape index (κ2) is 9.15. The number of rotatable bonds is 7. The third-order valence-electron chi connectivity index (χ3n) is 10.3. The summed E-state index contributed by atoms with van der Waals surface area (Å²) in [6.07, 6.45) is 20.5. The molecular weight excluding hydrogens is 380 g/mol. The van der Waals surface area contributed by atoms with Crippen molar-refractivity contribution in [1.29, 1.82) is 0 Å². The topological polar surface area (TPSA) is 0 Å². The van der Waals surface area contributed by atoms with E-state index >= 15 is 0 Å². The molecule has 0 N–H and O–H groups in total. The smallest absolute Gasteiger partial charge is 0.00873 e. The Morgan fingerprint density at radius 1 is 0.967 bits per heavy atom. The maximum Gasteiger partial charge on any atom is 0.00873 e. The van der Waals surface area contributed by atoms with E-state index in [0.29, 0.717) is 10.8 Å². The molecule has 0 heterocycles. The van der Waals surface area contributed by atoms with E-state index in [1.807, 2.05) is 5.57 Å². The van der Waals surface area contributed by atoms with Gasteiger partial charge in [0.05, 0.1) is 0 Å². The standard InChI is InChI=1S/C29H50S/c1-20(2)9-7-8-10-22-12-14-26-25-13-11-23-19-24(30-21(3)4)15-17-29(23,6)27(25)16-18-28(22,26)5/h11,20-22,24-27H,7-10,12-19H2,1-6H3. The van der Waals surface area contributed by atoms with Gasteiger partial charge in [0.25, 0.3) is 0 Å². The van der Waals surface area contributed by atoms with E-state index in [0.717, 1.165) is 40.1 Å². The number of thioether (sulfide) groups is 1. The highest BCUT2D eigenvalue weighted by atomic mass is 32.2. The predicted octanol–water partition coefficient (Wildman–Crippen LogP) is 9.29. The normalized spacial score (nSPS) is 43.3. The molecule has 0 saturated heterocycles. The van der Waals surface area contributed by atoms with E-state index in [1.165, 1.54) is 77.0 Å². The molecule has 0 aromatic rings. The van der Waals surface area contributed by atoms with Crippen molar-refractivity contribution in [2.75, 3.05) is 0 Å². The lowest BCUT2D eigenvalue weighted by molar-refractivity contribution is -0.0422. The molecule has 3 saturated carbocycles. The minimum Gasteiger partial charge on any atom is -0.155 e. The Kier molecular flexibility index (Phi) is 7.09. The van der Waals surface area contributed by atoms with Crippen molar-refractivity contribution in [1.82, 2.24) is 0 Å². The molecule has 4 aliphatic carbocycles. The summed E-state index contributed by atoms with van der Waals surface area (Å²) in [5.41, 5.74) is 3.07. The van der Waals surface area contributed by atoms with Gasteiger partial charge in [-0.1, -0.05) is 72.5 Å². The SMILES string of the molecule is CC(C)CCCCC1CCC2C3CC=C4CC(SC(C)C)CCC4(C)C3CCC12C. The van der Waals surface area contributed by atoms with Crippen molar-refractivity contribution < 1.29 is 0 Å². The van der Waals surface area contributed by atoms with Crippen molar-refractivity contribution in [3.05, 3.63) is 11.6 Å². The Hall–Kier alpha value is 0.0900. The zero-order chi connectivity index (χ0) is 21.5. The van der Waals surface area contributed by atoms with Gasteiger partial charge in [0.2, 0.25) is 0 Å². The Morgan fingerprint density at radius 3 is 2.50 bits per heavy atom. The van der Waals surface area contributed by atoms with Gasteiger partial charge in [0.15, 0.2) is 0 Å². The highest BCUT2D eigenvalue weighted by Crippen LogP contribution is 2.67. The maximum atomic E-state index is 2.77. The second-order valence-electron chi connectivity index (χ2n) is 12.8. The first-order valence-corrected chi connectivity index (χ1v) is 14.5. The molecule has 4 rings (SSSR count). The molecule has 30 heavy (non-hydrogen) atoms. The zero-order valence-corrected chi connectivity index (χ0v) is 21.8. The fraction of sp³-hybridized carbons (Fsp3) is 0.931. The van der Waals surface area contributed by atoms with Crippen molar-refractivity contribution >= 4 is 11.8 Å². The first-order valence-electron chi connectivity index (χ1n) is 13.6. The minimum absolute atomic E-state index is 0.535. The lowest BCUT2D eigenvalue weighted by Crippen LogP contribution is -2.50. The molecule has 0 spiro atoms. The largest absolute Gasteiger partial charge is 0.155 e. The van der Waals surface area contributed by atoms with Gasteiger partial charge in [0.1, 0.15) is 0 Å². The Labute approximate surface area is 192 Å². The van der Waals surface area contributed by atoms with Crippen molar-refractivity contribution in [3.8, 4) is 0 Å². The van der Waals surface area contributed by atoms with Gasteiger partial charge in [-0.2, -0.15) is 11.8 Å². The summed E-state index contributed by atoms with van der Waals surface area (Å²) >= 11 is 2.24. The first kappa shape index (κ1) is 23.3. The van der Waals surface area contributed by atoms with Crippen LogP contribution in [0.15, 0.2) is 11.6 Å². The van der Waals surface area contributed by atoms with Crippen LogP contribution in [0.2, 0.25) is 0 Å². The monoisotopic (exact) mass is 430 g/mol. The summed E-state index contributed by atoms with van der Waals surface area (Å²) in [5, 5.41) is 1.67. The third-order valence-corrected chi connectivity index (χ3v) is 11.6. The summed E-state index contributed by atoms with van der Waals surface area (Å²) in [5.74, 6) is 4.90. The number of fused-ring (bicyclic) bond motifs is 5. The number of hydrogen-bond donors (Lipinski definition) is 0. The van der Waals surface area contributed by atoms with Crippen molar-refractivity contribution in [2.24, 2.45) is 40.4 Å². The number of allylic oxidation sites excluding steroid dienone is 2. The Balaban J connectivity index is 1.43. The van der Waals surface area contributed by atoms with E-state index in [1.54, 1.807) is 0 Å². The summed E-state index contributed by atoms with van der Waals surface area (Å²) in [4.78, 5) is 0. The van der Waals surface area contributed by atoms with Gasteiger partial charge < -0.3 is 0 Å². The van der Waals surface area contributed by atoms with Crippen LogP contribution in [0.4, 0.5) is 0 Å². The molecule has 1 heteroatoms. The van der Waals surface area contributed by atoms with Crippen LogP contribution in [-0.2, 0) is 0 Å². The zero-order valence-electron chi connectivity index (χ0n) is 21.0. The van der Waals surface area contributed by atoms with Crippen molar-refractivity contribution in [3.63, 3.8) is 0 Å². The molecule has 0 amide bonds. The average Bonchev–Trinajstić information content (AvgIpc) is 3.01. The highest BCUT2D eigenvalue weighted by Gasteiger charge is 2.58. The van der Waals surface area contributed by atoms with Crippen LogP contribution in [-0.4, -0.2) is 10.5 Å². The fourth-order valence-electron chi connectivity index (χ4n) is 8.65. The van der Waals surface area contributed by atoms with Gasteiger partial charge in [-0.3, -0.25) is 0 Å². The van der Waals surface area contributed by atoms with E-state index in [9.17, 15) is 0 Å². The summed E-state index contributed by atoms with van der Waals surface area (Å²) in [6.45, 7) is 14.9. The van der Waals surface area contributed by atoms with Crippen LogP contribution in [0.5, 0.6) is 0 Å². The van der Waals surface area contributed by atoms with Gasteiger partial charge in [-0.25, -0.2) is 0 Å². The molecule has 3 fully saturated rings. The molecule has 7 unspecified atom stereocenters. The molecule has 172 valence electrons.